The fourth-order valence-corrected chi connectivity index (χ4v) is 11.7. The van der Waals surface area contributed by atoms with Crippen LogP contribution < -0.4 is 10.4 Å². The Labute approximate surface area is 257 Å². The summed E-state index contributed by atoms with van der Waals surface area (Å²) in [6.07, 6.45) is 2.59. The Morgan fingerprint density at radius 1 is 1.00 bits per heavy atom. The van der Waals surface area contributed by atoms with E-state index in [9.17, 15) is 5.11 Å². The molecule has 2 aromatic carbocycles. The highest BCUT2D eigenvalue weighted by atomic mass is 28.4. The Hall–Kier alpha value is -1.80. The summed E-state index contributed by atoms with van der Waals surface area (Å²) < 4.78 is 20.2. The standard InChI is InChI=1S/C36H57NO4Si/c1-12-27(3)33(41-34-29(5)32(37(10)11)23-28(4)40-34)36(9,38)24-26(2)25-39-42(35(6,7)8,30-19-15-13-16-20-30)31-21-17-14-18-22-31/h12-22,26-29,32-34,38H,1,23-25H2,2-11H3/t26-,27+,28-,29-,32+,33-,34?,36-/m1/s1. The summed E-state index contributed by atoms with van der Waals surface area (Å²) in [5.41, 5.74) is -1.11. The lowest BCUT2D eigenvalue weighted by Crippen LogP contribution is -2.67. The summed E-state index contributed by atoms with van der Waals surface area (Å²) in [5.74, 6) is 0.195. The maximum Gasteiger partial charge on any atom is 0.261 e. The van der Waals surface area contributed by atoms with E-state index in [1.165, 1.54) is 10.4 Å². The average Bonchev–Trinajstić information content (AvgIpc) is 2.93. The number of aliphatic hydroxyl groups is 1. The maximum absolute atomic E-state index is 12.0. The smallest absolute Gasteiger partial charge is 0.261 e. The minimum Gasteiger partial charge on any atom is -0.407 e. The molecule has 1 unspecified atom stereocenters. The van der Waals surface area contributed by atoms with Crippen LogP contribution >= 0.6 is 0 Å². The van der Waals surface area contributed by atoms with E-state index in [0.717, 1.165) is 6.42 Å². The summed E-state index contributed by atoms with van der Waals surface area (Å²) in [4.78, 5) is 2.26. The summed E-state index contributed by atoms with van der Waals surface area (Å²) in [7, 11) is 1.56. The molecule has 0 bridgehead atoms. The Balaban J connectivity index is 1.85. The van der Waals surface area contributed by atoms with Gasteiger partial charge in [0.2, 0.25) is 0 Å². The first-order valence-electron chi connectivity index (χ1n) is 15.7. The molecule has 0 radical (unpaired) electrons. The molecule has 5 nitrogen and oxygen atoms in total. The Morgan fingerprint density at radius 3 is 1.98 bits per heavy atom. The van der Waals surface area contributed by atoms with Gasteiger partial charge in [-0.15, -0.1) is 6.58 Å². The van der Waals surface area contributed by atoms with Gasteiger partial charge in [0.1, 0.15) is 0 Å². The third-order valence-corrected chi connectivity index (χ3v) is 14.2. The average molecular weight is 596 g/mol. The van der Waals surface area contributed by atoms with E-state index >= 15 is 0 Å². The van der Waals surface area contributed by atoms with Crippen molar-refractivity contribution in [2.75, 3.05) is 20.7 Å². The zero-order valence-electron chi connectivity index (χ0n) is 27.8. The fraction of sp³-hybridized carbons (Fsp3) is 0.611. The van der Waals surface area contributed by atoms with Crippen LogP contribution in [0.3, 0.4) is 0 Å². The second-order valence-electron chi connectivity index (χ2n) is 14.2. The van der Waals surface area contributed by atoms with Crippen LogP contribution in [0.5, 0.6) is 0 Å². The van der Waals surface area contributed by atoms with Gasteiger partial charge in [-0.3, -0.25) is 0 Å². The molecule has 3 rings (SSSR count). The first-order chi connectivity index (χ1) is 19.6. The molecule has 0 aromatic heterocycles. The quantitative estimate of drug-likeness (QED) is 0.219. The summed E-state index contributed by atoms with van der Waals surface area (Å²) in [6.45, 7) is 21.9. The molecular formula is C36H57NO4Si. The third kappa shape index (κ3) is 7.82. The van der Waals surface area contributed by atoms with Gasteiger partial charge in [0.25, 0.3) is 8.32 Å². The zero-order chi connectivity index (χ0) is 31.3. The highest BCUT2D eigenvalue weighted by molar-refractivity contribution is 6.99. The highest BCUT2D eigenvalue weighted by Crippen LogP contribution is 2.38. The van der Waals surface area contributed by atoms with E-state index in [1.807, 2.05) is 13.0 Å². The minimum absolute atomic E-state index is 0.0596. The largest absolute Gasteiger partial charge is 0.407 e. The van der Waals surface area contributed by atoms with Gasteiger partial charge in [-0.05, 0) is 62.1 Å². The second kappa shape index (κ2) is 14.3. The molecule has 6 heteroatoms. The Kier molecular flexibility index (Phi) is 11.8. The molecule has 1 heterocycles. The number of ether oxygens (including phenoxy) is 2. The molecule has 2 aromatic rings. The maximum atomic E-state index is 12.0. The van der Waals surface area contributed by atoms with Crippen LogP contribution in [0.15, 0.2) is 73.3 Å². The third-order valence-electron chi connectivity index (χ3n) is 9.15. The van der Waals surface area contributed by atoms with E-state index in [1.54, 1.807) is 0 Å². The van der Waals surface area contributed by atoms with Crippen LogP contribution in [0.1, 0.15) is 68.2 Å². The first-order valence-corrected chi connectivity index (χ1v) is 17.6. The van der Waals surface area contributed by atoms with E-state index < -0.39 is 26.3 Å². The van der Waals surface area contributed by atoms with Crippen molar-refractivity contribution in [2.24, 2.45) is 17.8 Å². The van der Waals surface area contributed by atoms with Crippen molar-refractivity contribution in [3.8, 4) is 0 Å². The van der Waals surface area contributed by atoms with Gasteiger partial charge in [0.05, 0.1) is 17.8 Å². The van der Waals surface area contributed by atoms with Crippen LogP contribution in [-0.4, -0.2) is 69.2 Å². The predicted octanol–water partition coefficient (Wildman–Crippen LogP) is 6.25. The summed E-state index contributed by atoms with van der Waals surface area (Å²) in [6, 6.07) is 21.8. The predicted molar refractivity (Wildman–Crippen MR) is 178 cm³/mol. The lowest BCUT2D eigenvalue weighted by Gasteiger charge is -2.46. The van der Waals surface area contributed by atoms with Crippen molar-refractivity contribution in [3.05, 3.63) is 73.3 Å². The van der Waals surface area contributed by atoms with Crippen molar-refractivity contribution in [3.63, 3.8) is 0 Å². The monoisotopic (exact) mass is 595 g/mol. The van der Waals surface area contributed by atoms with Gasteiger partial charge in [0, 0.05) is 24.5 Å². The van der Waals surface area contributed by atoms with Gasteiger partial charge in [-0.1, -0.05) is 108 Å². The van der Waals surface area contributed by atoms with Crippen LogP contribution in [0.25, 0.3) is 0 Å². The van der Waals surface area contributed by atoms with Crippen molar-refractivity contribution in [2.45, 2.75) is 103 Å². The molecular weight excluding hydrogens is 538 g/mol. The van der Waals surface area contributed by atoms with E-state index in [-0.39, 0.29) is 28.9 Å². The van der Waals surface area contributed by atoms with Gasteiger partial charge in [-0.2, -0.15) is 0 Å². The number of hydrogen-bond donors (Lipinski definition) is 1. The molecule has 234 valence electrons. The molecule has 42 heavy (non-hydrogen) atoms. The first kappa shape index (κ1) is 34.7. The number of hydrogen-bond acceptors (Lipinski definition) is 5. The molecule has 0 spiro atoms. The minimum atomic E-state index is -2.67. The van der Waals surface area contributed by atoms with Crippen LogP contribution in [0, 0.1) is 17.8 Å². The molecule has 0 saturated carbocycles. The molecule has 0 amide bonds. The highest BCUT2D eigenvalue weighted by Gasteiger charge is 2.51. The van der Waals surface area contributed by atoms with E-state index in [2.05, 4.69) is 135 Å². The summed E-state index contributed by atoms with van der Waals surface area (Å²) in [5, 5.41) is 14.5. The van der Waals surface area contributed by atoms with Gasteiger partial charge < -0.3 is 23.9 Å². The molecule has 8 atom stereocenters. The van der Waals surface area contributed by atoms with Crippen LogP contribution in [0.2, 0.25) is 5.04 Å². The SMILES string of the molecule is C=C[C@H](C)[C@@H](OC1O[C@H](C)C[C@H](N(C)C)[C@H]1C)[C@](C)(O)C[C@@H](C)CO[Si](c1ccccc1)(c1ccccc1)C(C)(C)C. The number of benzene rings is 2. The van der Waals surface area contributed by atoms with Crippen LogP contribution in [0.4, 0.5) is 0 Å². The van der Waals surface area contributed by atoms with Crippen molar-refractivity contribution in [1.29, 1.82) is 0 Å². The zero-order valence-corrected chi connectivity index (χ0v) is 28.8. The molecule has 1 fully saturated rings. The van der Waals surface area contributed by atoms with Gasteiger partial charge in [0.15, 0.2) is 6.29 Å². The molecule has 1 saturated heterocycles. The molecule has 1 aliphatic rings. The topological polar surface area (TPSA) is 51.2 Å². The fourth-order valence-electron chi connectivity index (χ4n) is 7.00. The number of rotatable bonds is 13. The molecule has 1 aliphatic heterocycles. The van der Waals surface area contributed by atoms with Crippen molar-refractivity contribution >= 4 is 18.7 Å². The van der Waals surface area contributed by atoms with E-state index in [0.29, 0.717) is 19.1 Å². The number of nitrogens with zero attached hydrogens (tertiary/aromatic N) is 1. The van der Waals surface area contributed by atoms with Crippen molar-refractivity contribution < 1.29 is 19.0 Å². The van der Waals surface area contributed by atoms with E-state index in [4.69, 9.17) is 13.9 Å². The summed E-state index contributed by atoms with van der Waals surface area (Å²) >= 11 is 0. The lowest BCUT2D eigenvalue weighted by molar-refractivity contribution is -0.277. The second-order valence-corrected chi connectivity index (χ2v) is 18.5. The normalized spacial score (nSPS) is 25.4. The van der Waals surface area contributed by atoms with Crippen LogP contribution in [-0.2, 0) is 13.9 Å². The molecule has 0 aliphatic carbocycles. The van der Waals surface area contributed by atoms with Gasteiger partial charge >= 0.3 is 0 Å². The van der Waals surface area contributed by atoms with Crippen molar-refractivity contribution in [1.82, 2.24) is 4.90 Å². The Bertz CT molecular complexity index is 1060. The molecule has 1 N–H and O–H groups in total. The lowest BCUT2D eigenvalue weighted by atomic mass is 9.82. The van der Waals surface area contributed by atoms with Gasteiger partial charge in [-0.25, -0.2) is 0 Å². The Morgan fingerprint density at radius 2 is 1.52 bits per heavy atom.